The molecule has 0 spiro atoms. The molecule has 1 fully saturated rings. The van der Waals surface area contributed by atoms with Gasteiger partial charge >= 0.3 is 0 Å². The summed E-state index contributed by atoms with van der Waals surface area (Å²) < 4.78 is 54.6. The first-order valence-electron chi connectivity index (χ1n) is 9.77. The Morgan fingerprint density at radius 1 is 1.22 bits per heavy atom. The van der Waals surface area contributed by atoms with Gasteiger partial charge in [0.2, 0.25) is 6.43 Å². The highest BCUT2D eigenvalue weighted by Crippen LogP contribution is 2.32. The summed E-state index contributed by atoms with van der Waals surface area (Å²) in [5.74, 6) is -3.07. The van der Waals surface area contributed by atoms with Crippen LogP contribution in [-0.4, -0.2) is 41.4 Å². The van der Waals surface area contributed by atoms with Gasteiger partial charge in [-0.15, -0.1) is 11.3 Å². The van der Waals surface area contributed by atoms with Crippen molar-refractivity contribution < 1.29 is 22.4 Å². The van der Waals surface area contributed by atoms with Crippen molar-refractivity contribution in [3.8, 4) is 10.6 Å². The minimum Gasteiger partial charge on any atom is -0.368 e. The molecular formula is C21H19F4N5OS. The van der Waals surface area contributed by atoms with Gasteiger partial charge in [-0.2, -0.15) is 0 Å². The number of hydrogen-bond acceptors (Lipinski definition) is 6. The third-order valence-electron chi connectivity index (χ3n) is 5.17. The fourth-order valence-electron chi connectivity index (χ4n) is 3.70. The Morgan fingerprint density at radius 3 is 2.69 bits per heavy atom. The lowest BCUT2D eigenvalue weighted by Gasteiger charge is -2.38. The SMILES string of the molecule is N[C@@H]1C[C@@H](C(F)F)CN(c2ccncc2NC(=O)c2csc(-c3c(F)cccc3F)n2)C1. The minimum absolute atomic E-state index is 0.0268. The predicted molar refractivity (Wildman–Crippen MR) is 114 cm³/mol. The van der Waals surface area contributed by atoms with E-state index in [1.807, 2.05) is 0 Å². The van der Waals surface area contributed by atoms with Gasteiger partial charge < -0.3 is 16.0 Å². The summed E-state index contributed by atoms with van der Waals surface area (Å²) in [5, 5.41) is 4.07. The van der Waals surface area contributed by atoms with Gasteiger partial charge in [-0.05, 0) is 24.6 Å². The fraction of sp³-hybridized carbons (Fsp3) is 0.286. The van der Waals surface area contributed by atoms with Gasteiger partial charge in [-0.3, -0.25) is 9.78 Å². The van der Waals surface area contributed by atoms with Crippen LogP contribution in [0.3, 0.4) is 0 Å². The lowest BCUT2D eigenvalue weighted by molar-refractivity contribution is 0.0649. The smallest absolute Gasteiger partial charge is 0.275 e. The average Bonchev–Trinajstić information content (AvgIpc) is 3.23. The van der Waals surface area contributed by atoms with E-state index in [-0.39, 0.29) is 29.2 Å². The van der Waals surface area contributed by atoms with Gasteiger partial charge in [0.05, 0.1) is 23.1 Å². The molecule has 3 N–H and O–H groups in total. The maximum atomic E-state index is 14.0. The topological polar surface area (TPSA) is 84.1 Å². The van der Waals surface area contributed by atoms with Crippen LogP contribution in [0.25, 0.3) is 10.6 Å². The van der Waals surface area contributed by atoms with Gasteiger partial charge in [0.15, 0.2) is 0 Å². The van der Waals surface area contributed by atoms with E-state index in [1.165, 1.54) is 23.8 Å². The number of halogens is 4. The number of hydrogen-bond donors (Lipinski definition) is 2. The van der Waals surface area contributed by atoms with E-state index in [0.29, 0.717) is 17.9 Å². The van der Waals surface area contributed by atoms with Crippen LogP contribution in [-0.2, 0) is 0 Å². The van der Waals surface area contributed by atoms with Crippen molar-refractivity contribution in [2.45, 2.75) is 18.9 Å². The Labute approximate surface area is 185 Å². The molecule has 0 bridgehead atoms. The molecular weight excluding hydrogens is 446 g/mol. The Balaban J connectivity index is 1.56. The van der Waals surface area contributed by atoms with Crippen LogP contribution in [0.2, 0.25) is 0 Å². The number of rotatable bonds is 5. The van der Waals surface area contributed by atoms with Crippen LogP contribution < -0.4 is 16.0 Å². The van der Waals surface area contributed by atoms with E-state index in [9.17, 15) is 22.4 Å². The Morgan fingerprint density at radius 2 is 1.97 bits per heavy atom. The standard InChI is InChI=1S/C21H19F4N5OS/c22-13-2-1-3-14(23)18(13)21-29-16(10-32-21)20(31)28-15-7-27-5-4-17(15)30-8-11(19(24)25)6-12(26)9-30/h1-5,7,10-12,19H,6,8-9,26H2,(H,28,31)/t11-,12-/m1/s1. The summed E-state index contributed by atoms with van der Waals surface area (Å²) in [6.07, 6.45) is 0.601. The number of aromatic nitrogens is 2. The number of piperidine rings is 1. The number of carbonyl (C=O) groups excluding carboxylic acids is 1. The molecule has 32 heavy (non-hydrogen) atoms. The van der Waals surface area contributed by atoms with Crippen molar-refractivity contribution in [2.75, 3.05) is 23.3 Å². The predicted octanol–water partition coefficient (Wildman–Crippen LogP) is 4.15. The van der Waals surface area contributed by atoms with Crippen molar-refractivity contribution in [1.29, 1.82) is 0 Å². The molecule has 3 heterocycles. The van der Waals surface area contributed by atoms with Crippen LogP contribution >= 0.6 is 11.3 Å². The second-order valence-corrected chi connectivity index (χ2v) is 8.33. The van der Waals surface area contributed by atoms with Crippen molar-refractivity contribution in [2.24, 2.45) is 11.7 Å². The molecule has 168 valence electrons. The number of benzene rings is 1. The number of anilines is 2. The van der Waals surface area contributed by atoms with Crippen LogP contribution in [0.5, 0.6) is 0 Å². The van der Waals surface area contributed by atoms with E-state index in [4.69, 9.17) is 5.73 Å². The second kappa shape index (κ2) is 9.21. The van der Waals surface area contributed by atoms with Crippen LogP contribution in [0.4, 0.5) is 28.9 Å². The first-order valence-corrected chi connectivity index (χ1v) is 10.7. The number of thiazole rings is 1. The van der Waals surface area contributed by atoms with Crippen LogP contribution in [0.1, 0.15) is 16.9 Å². The van der Waals surface area contributed by atoms with E-state index in [2.05, 4.69) is 15.3 Å². The zero-order valence-corrected chi connectivity index (χ0v) is 17.5. The number of amides is 1. The normalized spacial score (nSPS) is 18.8. The summed E-state index contributed by atoms with van der Waals surface area (Å²) in [5.41, 5.74) is 6.42. The molecule has 0 unspecified atom stereocenters. The summed E-state index contributed by atoms with van der Waals surface area (Å²) in [4.78, 5) is 22.5. The van der Waals surface area contributed by atoms with Gasteiger partial charge in [-0.25, -0.2) is 22.5 Å². The molecule has 1 aliphatic heterocycles. The summed E-state index contributed by atoms with van der Waals surface area (Å²) in [6.45, 7) is 0.440. The Bertz CT molecular complexity index is 1100. The lowest BCUT2D eigenvalue weighted by atomic mass is 9.94. The molecule has 3 aromatic rings. The number of nitrogens with two attached hydrogens (primary N) is 1. The molecule has 6 nitrogen and oxygen atoms in total. The third-order valence-corrected chi connectivity index (χ3v) is 6.03. The Hall–Kier alpha value is -3.05. The molecule has 1 aliphatic rings. The summed E-state index contributed by atoms with van der Waals surface area (Å²) >= 11 is 0.928. The molecule has 1 aromatic carbocycles. The maximum absolute atomic E-state index is 14.0. The van der Waals surface area contributed by atoms with Crippen molar-refractivity contribution >= 4 is 28.6 Å². The first kappa shape index (κ1) is 22.2. The summed E-state index contributed by atoms with van der Waals surface area (Å²) in [6, 6.07) is 4.63. The minimum atomic E-state index is -2.50. The molecule has 11 heteroatoms. The zero-order chi connectivity index (χ0) is 22.8. The average molecular weight is 465 g/mol. The number of alkyl halides is 2. The van der Waals surface area contributed by atoms with E-state index in [0.717, 1.165) is 23.5 Å². The molecule has 1 amide bonds. The molecule has 4 rings (SSSR count). The van der Waals surface area contributed by atoms with Crippen molar-refractivity contribution in [3.05, 3.63) is 59.4 Å². The van der Waals surface area contributed by atoms with E-state index in [1.54, 1.807) is 11.0 Å². The van der Waals surface area contributed by atoms with Crippen molar-refractivity contribution in [3.63, 3.8) is 0 Å². The second-order valence-electron chi connectivity index (χ2n) is 7.48. The third kappa shape index (κ3) is 4.58. The molecule has 2 atom stereocenters. The van der Waals surface area contributed by atoms with Crippen LogP contribution in [0, 0.1) is 17.6 Å². The number of nitrogens with zero attached hydrogens (tertiary/aromatic N) is 3. The highest BCUT2D eigenvalue weighted by Gasteiger charge is 2.32. The number of nitrogens with one attached hydrogen (secondary N) is 1. The number of carbonyl (C=O) groups is 1. The van der Waals surface area contributed by atoms with Crippen LogP contribution in [0.15, 0.2) is 42.0 Å². The van der Waals surface area contributed by atoms with E-state index < -0.39 is 35.9 Å². The highest BCUT2D eigenvalue weighted by atomic mass is 32.1. The van der Waals surface area contributed by atoms with Gasteiger partial charge in [0.1, 0.15) is 22.3 Å². The molecule has 0 aliphatic carbocycles. The van der Waals surface area contributed by atoms with Gasteiger partial charge in [0.25, 0.3) is 5.91 Å². The number of pyridine rings is 1. The van der Waals surface area contributed by atoms with Gasteiger partial charge in [-0.1, -0.05) is 6.07 Å². The van der Waals surface area contributed by atoms with Crippen molar-refractivity contribution in [1.82, 2.24) is 9.97 Å². The highest BCUT2D eigenvalue weighted by molar-refractivity contribution is 7.13. The summed E-state index contributed by atoms with van der Waals surface area (Å²) in [7, 11) is 0. The molecule has 0 saturated carbocycles. The van der Waals surface area contributed by atoms with Gasteiger partial charge in [0, 0.05) is 36.6 Å². The maximum Gasteiger partial charge on any atom is 0.275 e. The molecule has 0 radical (unpaired) electrons. The Kier molecular flexibility index (Phi) is 6.38. The monoisotopic (exact) mass is 465 g/mol. The fourth-order valence-corrected chi connectivity index (χ4v) is 4.55. The van der Waals surface area contributed by atoms with E-state index >= 15 is 0 Å². The molecule has 2 aromatic heterocycles. The quantitative estimate of drug-likeness (QED) is 0.553. The largest absolute Gasteiger partial charge is 0.368 e. The first-order chi connectivity index (χ1) is 15.3. The molecule has 1 saturated heterocycles. The zero-order valence-electron chi connectivity index (χ0n) is 16.6. The lowest BCUT2D eigenvalue weighted by Crippen LogP contribution is -2.49.